The van der Waals surface area contributed by atoms with E-state index < -0.39 is 5.97 Å². The lowest BCUT2D eigenvalue weighted by atomic mass is 10.1. The second-order valence-electron chi connectivity index (χ2n) is 5.03. The van der Waals surface area contributed by atoms with E-state index in [0.717, 1.165) is 24.4 Å². The molecule has 1 aromatic carbocycles. The highest BCUT2D eigenvalue weighted by atomic mass is 16.5. The second kappa shape index (κ2) is 5.93. The summed E-state index contributed by atoms with van der Waals surface area (Å²) in [6, 6.07) is 11.4. The van der Waals surface area contributed by atoms with Crippen LogP contribution in [-0.4, -0.2) is 28.7 Å². The zero-order chi connectivity index (χ0) is 14.7. The molecule has 0 bridgehead atoms. The number of ether oxygens (including phenoxy) is 1. The summed E-state index contributed by atoms with van der Waals surface area (Å²) in [7, 11) is 0. The summed E-state index contributed by atoms with van der Waals surface area (Å²) in [6.07, 6.45) is 2.43. The molecule has 5 nitrogen and oxygen atoms in total. The number of carbonyl (C=O) groups is 1. The normalized spacial score (nSPS) is 16.3. The molecule has 0 amide bonds. The number of benzene rings is 1. The quantitative estimate of drug-likeness (QED) is 0.877. The van der Waals surface area contributed by atoms with Crippen molar-refractivity contribution >= 4 is 5.97 Å². The predicted octanol–water partition coefficient (Wildman–Crippen LogP) is 1.87. The number of pyridine rings is 1. The van der Waals surface area contributed by atoms with Gasteiger partial charge in [-0.1, -0.05) is 18.2 Å². The van der Waals surface area contributed by atoms with E-state index >= 15 is 0 Å². The topological polar surface area (TPSA) is 71.5 Å². The number of para-hydroxylation sites is 1. The maximum atomic E-state index is 10.7. The number of carboxylic acid groups (broad SMARTS) is 1. The molecule has 0 radical (unpaired) electrons. The van der Waals surface area contributed by atoms with Gasteiger partial charge in [0.15, 0.2) is 0 Å². The Kier molecular flexibility index (Phi) is 3.83. The molecule has 1 unspecified atom stereocenters. The van der Waals surface area contributed by atoms with Crippen molar-refractivity contribution in [1.29, 1.82) is 0 Å². The lowest BCUT2D eigenvalue weighted by Gasteiger charge is -2.11. The highest BCUT2D eigenvalue weighted by molar-refractivity contribution is 5.87. The summed E-state index contributed by atoms with van der Waals surface area (Å²) in [5, 5.41) is 12.1. The third kappa shape index (κ3) is 3.20. The van der Waals surface area contributed by atoms with E-state index in [2.05, 4.69) is 16.4 Å². The van der Waals surface area contributed by atoms with Crippen molar-refractivity contribution in [3.8, 4) is 5.75 Å². The fraction of sp³-hybridized carbons (Fsp3) is 0.250. The van der Waals surface area contributed by atoms with Gasteiger partial charge in [-0.3, -0.25) is 4.98 Å². The molecular weight excluding hydrogens is 268 g/mol. The Morgan fingerprint density at radius 3 is 2.90 bits per heavy atom. The Balaban J connectivity index is 1.48. The highest BCUT2D eigenvalue weighted by Gasteiger charge is 2.21. The van der Waals surface area contributed by atoms with Crippen LogP contribution in [-0.2, 0) is 13.0 Å². The number of carboxylic acids is 1. The number of fused-ring (bicyclic) bond motifs is 1. The minimum absolute atomic E-state index is 0.140. The highest BCUT2D eigenvalue weighted by Crippen LogP contribution is 2.27. The minimum Gasteiger partial charge on any atom is -0.488 e. The fourth-order valence-corrected chi connectivity index (χ4v) is 2.38. The molecule has 108 valence electrons. The number of rotatable bonds is 5. The summed E-state index contributed by atoms with van der Waals surface area (Å²) in [6.45, 7) is 1.33. The number of aromatic nitrogens is 1. The van der Waals surface area contributed by atoms with Crippen LogP contribution in [0.2, 0.25) is 0 Å². The number of nitrogens with one attached hydrogen (secondary N) is 1. The van der Waals surface area contributed by atoms with Gasteiger partial charge in [-0.2, -0.15) is 0 Å². The molecule has 0 saturated heterocycles. The molecule has 21 heavy (non-hydrogen) atoms. The van der Waals surface area contributed by atoms with Gasteiger partial charge >= 0.3 is 5.97 Å². The van der Waals surface area contributed by atoms with Crippen LogP contribution >= 0.6 is 0 Å². The molecule has 2 heterocycles. The van der Waals surface area contributed by atoms with Crippen molar-refractivity contribution in [2.75, 3.05) is 6.54 Å². The van der Waals surface area contributed by atoms with Gasteiger partial charge in [0.2, 0.25) is 0 Å². The van der Waals surface area contributed by atoms with Gasteiger partial charge in [0.05, 0.1) is 11.3 Å². The maximum Gasteiger partial charge on any atom is 0.337 e. The smallest absolute Gasteiger partial charge is 0.337 e. The third-order valence-corrected chi connectivity index (χ3v) is 3.46. The number of nitrogens with zero attached hydrogens (tertiary/aromatic N) is 1. The molecule has 1 aromatic heterocycles. The van der Waals surface area contributed by atoms with Crippen molar-refractivity contribution in [1.82, 2.24) is 10.3 Å². The molecule has 0 spiro atoms. The minimum atomic E-state index is -0.959. The molecule has 5 heteroatoms. The number of aromatic carboxylic acids is 1. The molecule has 0 aliphatic carbocycles. The van der Waals surface area contributed by atoms with Crippen LogP contribution in [0.1, 0.15) is 21.6 Å². The molecule has 1 aliphatic rings. The predicted molar refractivity (Wildman–Crippen MR) is 77.5 cm³/mol. The van der Waals surface area contributed by atoms with Crippen molar-refractivity contribution in [3.05, 3.63) is 59.4 Å². The molecule has 1 atom stereocenters. The van der Waals surface area contributed by atoms with Gasteiger partial charge in [-0.15, -0.1) is 0 Å². The fourth-order valence-electron chi connectivity index (χ4n) is 2.38. The van der Waals surface area contributed by atoms with E-state index in [4.69, 9.17) is 9.84 Å². The van der Waals surface area contributed by atoms with Gasteiger partial charge in [0.25, 0.3) is 0 Å². The van der Waals surface area contributed by atoms with Crippen molar-refractivity contribution in [3.63, 3.8) is 0 Å². The first-order chi connectivity index (χ1) is 10.2. The van der Waals surface area contributed by atoms with E-state index in [0.29, 0.717) is 6.54 Å². The van der Waals surface area contributed by atoms with Gasteiger partial charge < -0.3 is 15.2 Å². The lowest BCUT2D eigenvalue weighted by molar-refractivity contribution is 0.0696. The summed E-state index contributed by atoms with van der Waals surface area (Å²) in [5.41, 5.74) is 2.26. The average Bonchev–Trinajstić information content (AvgIpc) is 2.90. The third-order valence-electron chi connectivity index (χ3n) is 3.46. The first kappa shape index (κ1) is 13.6. The maximum absolute atomic E-state index is 10.7. The van der Waals surface area contributed by atoms with E-state index in [1.165, 1.54) is 11.8 Å². The molecule has 3 rings (SSSR count). The molecule has 1 aliphatic heterocycles. The summed E-state index contributed by atoms with van der Waals surface area (Å²) in [4.78, 5) is 14.9. The Bertz CT molecular complexity index is 615. The van der Waals surface area contributed by atoms with Gasteiger partial charge in [0, 0.05) is 25.7 Å². The standard InChI is InChI=1S/C16H16N2O3/c19-16(20)12-5-6-13(18-8-12)9-17-10-14-7-11-3-1-2-4-15(11)21-14/h1-6,8,14,17H,7,9-10H2,(H,19,20). The number of hydrogen-bond acceptors (Lipinski definition) is 4. The molecule has 0 saturated carbocycles. The van der Waals surface area contributed by atoms with E-state index in [-0.39, 0.29) is 11.7 Å². The average molecular weight is 284 g/mol. The Labute approximate surface area is 122 Å². The SMILES string of the molecule is O=C(O)c1ccc(CNCC2Cc3ccccc3O2)nc1. The van der Waals surface area contributed by atoms with Crippen LogP contribution in [0.3, 0.4) is 0 Å². The zero-order valence-corrected chi connectivity index (χ0v) is 11.5. The lowest BCUT2D eigenvalue weighted by Crippen LogP contribution is -2.29. The molecular formula is C16H16N2O3. The first-order valence-corrected chi connectivity index (χ1v) is 6.86. The van der Waals surface area contributed by atoms with Gasteiger partial charge in [-0.05, 0) is 23.8 Å². The summed E-state index contributed by atoms with van der Waals surface area (Å²) in [5.74, 6) is 0.00682. The van der Waals surface area contributed by atoms with Crippen molar-refractivity contribution in [2.45, 2.75) is 19.1 Å². The van der Waals surface area contributed by atoms with Crippen LogP contribution in [0.5, 0.6) is 5.75 Å². The monoisotopic (exact) mass is 284 g/mol. The Hall–Kier alpha value is -2.40. The second-order valence-corrected chi connectivity index (χ2v) is 5.03. The largest absolute Gasteiger partial charge is 0.488 e. The first-order valence-electron chi connectivity index (χ1n) is 6.86. The zero-order valence-electron chi connectivity index (χ0n) is 11.5. The molecule has 0 fully saturated rings. The van der Waals surface area contributed by atoms with Crippen molar-refractivity contribution < 1.29 is 14.6 Å². The summed E-state index contributed by atoms with van der Waals surface area (Å²) < 4.78 is 5.83. The number of hydrogen-bond donors (Lipinski definition) is 2. The summed E-state index contributed by atoms with van der Waals surface area (Å²) >= 11 is 0. The molecule has 2 N–H and O–H groups in total. The van der Waals surface area contributed by atoms with Crippen LogP contribution in [0, 0.1) is 0 Å². The molecule has 2 aromatic rings. The Morgan fingerprint density at radius 2 is 2.19 bits per heavy atom. The van der Waals surface area contributed by atoms with Gasteiger partial charge in [-0.25, -0.2) is 4.79 Å². The van der Waals surface area contributed by atoms with Crippen molar-refractivity contribution in [2.24, 2.45) is 0 Å². The van der Waals surface area contributed by atoms with Crippen LogP contribution in [0.4, 0.5) is 0 Å². The van der Waals surface area contributed by atoms with Crippen LogP contribution in [0.15, 0.2) is 42.6 Å². The van der Waals surface area contributed by atoms with Crippen LogP contribution < -0.4 is 10.1 Å². The van der Waals surface area contributed by atoms with E-state index in [1.807, 2.05) is 18.2 Å². The Morgan fingerprint density at radius 1 is 1.33 bits per heavy atom. The van der Waals surface area contributed by atoms with E-state index in [9.17, 15) is 4.79 Å². The van der Waals surface area contributed by atoms with E-state index in [1.54, 1.807) is 12.1 Å². The van der Waals surface area contributed by atoms with Crippen LogP contribution in [0.25, 0.3) is 0 Å². The van der Waals surface area contributed by atoms with Gasteiger partial charge in [0.1, 0.15) is 11.9 Å².